The normalized spacial score (nSPS) is 13.8. The van der Waals surface area contributed by atoms with Gasteiger partial charge >= 0.3 is 0 Å². The van der Waals surface area contributed by atoms with Crippen molar-refractivity contribution in [2.24, 2.45) is 0 Å². The molecule has 0 atom stereocenters. The van der Waals surface area contributed by atoms with Crippen molar-refractivity contribution in [1.82, 2.24) is 0 Å². The van der Waals surface area contributed by atoms with Crippen molar-refractivity contribution < 1.29 is 9.21 Å². The first-order valence-corrected chi connectivity index (χ1v) is 5.31. The van der Waals surface area contributed by atoms with Crippen molar-refractivity contribution in [2.75, 3.05) is 0 Å². The Bertz CT molecular complexity index is 554. The molecule has 0 fully saturated rings. The highest BCUT2D eigenvalue weighted by molar-refractivity contribution is 14.1. The minimum atomic E-state index is -0.249. The van der Waals surface area contributed by atoms with Crippen LogP contribution >= 0.6 is 22.6 Å². The quantitative estimate of drug-likeness (QED) is 0.563. The summed E-state index contributed by atoms with van der Waals surface area (Å²) in [5.74, 6) is 0.126. The summed E-state index contributed by atoms with van der Waals surface area (Å²) in [6.07, 6.45) is 5.41. The molecule has 3 nitrogen and oxygen atoms in total. The van der Waals surface area contributed by atoms with Crippen LogP contribution in [0.15, 0.2) is 15.3 Å². The van der Waals surface area contributed by atoms with Crippen LogP contribution < -0.4 is 16.1 Å². The molecule has 0 saturated heterocycles. The fraction of sp³-hybridized carbons (Fsp3) is 0.200. The number of hydrogen-bond donors (Lipinski definition) is 0. The topological polar surface area (TPSA) is 47.3 Å². The molecule has 0 radical (unpaired) electrons. The standard InChI is InChI=1S/C10H7IO3/c11-10(13)9-5-7(12)6-3-1-2-4-8(6)14-9/h3-5H,1-2H2. The zero-order chi connectivity index (χ0) is 10.1. The summed E-state index contributed by atoms with van der Waals surface area (Å²) in [6, 6.07) is 1.25. The van der Waals surface area contributed by atoms with Gasteiger partial charge in [-0.25, -0.2) is 0 Å². The van der Waals surface area contributed by atoms with E-state index >= 15 is 0 Å². The van der Waals surface area contributed by atoms with Gasteiger partial charge < -0.3 is 4.42 Å². The van der Waals surface area contributed by atoms with E-state index in [2.05, 4.69) is 0 Å². The molecule has 4 heteroatoms. The SMILES string of the molecule is O=C(I)c1cc(=O)c2c(o1)=CCCC=2. The van der Waals surface area contributed by atoms with Crippen LogP contribution in [0.2, 0.25) is 0 Å². The smallest absolute Gasteiger partial charge is 0.257 e. The van der Waals surface area contributed by atoms with E-state index in [1.165, 1.54) is 6.07 Å². The maximum Gasteiger partial charge on any atom is 0.257 e. The molecule has 0 saturated carbocycles. The first kappa shape index (κ1) is 9.64. The summed E-state index contributed by atoms with van der Waals surface area (Å²) in [6.45, 7) is 0. The highest BCUT2D eigenvalue weighted by Gasteiger charge is 2.07. The molecule has 0 unspecified atom stereocenters. The Kier molecular flexibility index (Phi) is 2.54. The van der Waals surface area contributed by atoms with Gasteiger partial charge in [0.1, 0.15) is 5.42 Å². The number of hydrogen-bond acceptors (Lipinski definition) is 3. The van der Waals surface area contributed by atoms with E-state index in [0.29, 0.717) is 10.6 Å². The third kappa shape index (κ3) is 1.66. The van der Waals surface area contributed by atoms with Gasteiger partial charge in [0.05, 0.1) is 5.22 Å². The average molecular weight is 302 g/mol. The van der Waals surface area contributed by atoms with E-state index in [-0.39, 0.29) is 15.0 Å². The van der Waals surface area contributed by atoms with Crippen LogP contribution in [0.3, 0.4) is 0 Å². The molecule has 72 valence electrons. The van der Waals surface area contributed by atoms with E-state index in [0.717, 1.165) is 12.8 Å². The van der Waals surface area contributed by atoms with Crippen LogP contribution in [-0.2, 0) is 0 Å². The summed E-state index contributed by atoms with van der Waals surface area (Å²) in [4.78, 5) is 22.5. The molecule has 0 amide bonds. The van der Waals surface area contributed by atoms with Crippen LogP contribution in [0.5, 0.6) is 0 Å². The Balaban J connectivity index is 2.84. The molecule has 1 aliphatic carbocycles. The lowest BCUT2D eigenvalue weighted by Crippen LogP contribution is -2.40. The molecule has 14 heavy (non-hydrogen) atoms. The van der Waals surface area contributed by atoms with Gasteiger partial charge in [0.2, 0.25) is 0 Å². The predicted molar refractivity (Wildman–Crippen MR) is 60.7 cm³/mol. The van der Waals surface area contributed by atoms with Gasteiger partial charge in [0, 0.05) is 28.7 Å². The molecule has 0 aliphatic heterocycles. The molecule has 1 aromatic heterocycles. The van der Waals surface area contributed by atoms with Crippen LogP contribution in [0, 0.1) is 0 Å². The van der Waals surface area contributed by atoms with E-state index in [1.807, 2.05) is 12.2 Å². The number of halogens is 1. The molecule has 0 bridgehead atoms. The lowest BCUT2D eigenvalue weighted by atomic mass is 10.1. The number of carbonyl (C=O) groups is 1. The predicted octanol–water partition coefficient (Wildman–Crippen LogP) is 0.570. The molecular weight excluding hydrogens is 295 g/mol. The molecule has 1 aromatic rings. The number of fused-ring (bicyclic) bond motifs is 1. The number of rotatable bonds is 1. The van der Waals surface area contributed by atoms with Crippen molar-refractivity contribution in [3.05, 3.63) is 32.7 Å². The monoisotopic (exact) mass is 302 g/mol. The zero-order valence-corrected chi connectivity index (χ0v) is 9.41. The van der Waals surface area contributed by atoms with E-state index in [9.17, 15) is 9.59 Å². The second kappa shape index (κ2) is 3.68. The molecule has 0 spiro atoms. The van der Waals surface area contributed by atoms with E-state index in [4.69, 9.17) is 4.42 Å². The Labute approximate surface area is 93.3 Å². The summed E-state index contributed by atoms with van der Waals surface area (Å²) in [7, 11) is 0. The van der Waals surface area contributed by atoms with E-state index in [1.54, 1.807) is 22.6 Å². The van der Waals surface area contributed by atoms with E-state index < -0.39 is 0 Å². The minimum Gasteiger partial charge on any atom is -0.452 e. The Morgan fingerprint density at radius 3 is 2.79 bits per heavy atom. The number of carbonyl (C=O) groups excluding carboxylic acids is 1. The summed E-state index contributed by atoms with van der Waals surface area (Å²) in [5.41, 5.74) is 0.394. The third-order valence-electron chi connectivity index (χ3n) is 2.05. The second-order valence-electron chi connectivity index (χ2n) is 3.01. The maximum atomic E-state index is 11.5. The minimum absolute atomic E-state index is 0.126. The fourth-order valence-electron chi connectivity index (χ4n) is 1.41. The molecule has 1 heterocycles. The first-order valence-electron chi connectivity index (χ1n) is 4.23. The van der Waals surface area contributed by atoms with Crippen LogP contribution in [-0.4, -0.2) is 3.79 Å². The summed E-state index contributed by atoms with van der Waals surface area (Å²) in [5, 5.41) is 0.581. The first-order chi connectivity index (χ1) is 6.68. The van der Waals surface area contributed by atoms with Gasteiger partial charge in [-0.2, -0.15) is 0 Å². The summed E-state index contributed by atoms with van der Waals surface area (Å²) < 4.78 is 5.05. The molecule has 2 rings (SSSR count). The Hall–Kier alpha value is -0.910. The van der Waals surface area contributed by atoms with Crippen molar-refractivity contribution >= 4 is 38.5 Å². The van der Waals surface area contributed by atoms with Gasteiger partial charge in [-0.3, -0.25) is 9.59 Å². The lowest BCUT2D eigenvalue weighted by Gasteiger charge is -1.99. The molecule has 0 N–H and O–H groups in total. The maximum absolute atomic E-state index is 11.5. The van der Waals surface area contributed by atoms with Crippen molar-refractivity contribution in [2.45, 2.75) is 12.8 Å². The largest absolute Gasteiger partial charge is 0.452 e. The van der Waals surface area contributed by atoms with Gasteiger partial charge in [0.25, 0.3) is 3.79 Å². The second-order valence-corrected chi connectivity index (χ2v) is 3.99. The average Bonchev–Trinajstić information content (AvgIpc) is 2.17. The van der Waals surface area contributed by atoms with Gasteiger partial charge in [0.15, 0.2) is 11.2 Å². The molecular formula is C10H7IO3. The van der Waals surface area contributed by atoms with Gasteiger partial charge in [-0.15, -0.1) is 0 Å². The Morgan fingerprint density at radius 2 is 2.07 bits per heavy atom. The van der Waals surface area contributed by atoms with Crippen LogP contribution in [0.1, 0.15) is 23.4 Å². The molecule has 0 aromatic carbocycles. The highest BCUT2D eigenvalue weighted by atomic mass is 127. The van der Waals surface area contributed by atoms with Crippen molar-refractivity contribution in [1.29, 1.82) is 0 Å². The Morgan fingerprint density at radius 1 is 1.36 bits per heavy atom. The van der Waals surface area contributed by atoms with Gasteiger partial charge in [-0.05, 0) is 18.9 Å². The van der Waals surface area contributed by atoms with Gasteiger partial charge in [-0.1, -0.05) is 6.08 Å². The van der Waals surface area contributed by atoms with Crippen molar-refractivity contribution in [3.63, 3.8) is 0 Å². The third-order valence-corrected chi connectivity index (χ3v) is 2.58. The van der Waals surface area contributed by atoms with Crippen LogP contribution in [0.25, 0.3) is 12.2 Å². The molecule has 1 aliphatic rings. The summed E-state index contributed by atoms with van der Waals surface area (Å²) >= 11 is 1.60. The van der Waals surface area contributed by atoms with Crippen molar-refractivity contribution in [3.8, 4) is 0 Å². The zero-order valence-electron chi connectivity index (χ0n) is 7.25. The highest BCUT2D eigenvalue weighted by Crippen LogP contribution is 2.00. The lowest BCUT2D eigenvalue weighted by molar-refractivity contribution is 0.107. The van der Waals surface area contributed by atoms with Crippen LogP contribution in [0.4, 0.5) is 0 Å². The fourth-order valence-corrected chi connectivity index (χ4v) is 1.68.